The van der Waals surface area contributed by atoms with Gasteiger partial charge in [-0.05, 0) is 62.4 Å². The highest BCUT2D eigenvalue weighted by Gasteiger charge is 2.24. The van der Waals surface area contributed by atoms with Crippen LogP contribution in [0.4, 0.5) is 5.69 Å². The summed E-state index contributed by atoms with van der Waals surface area (Å²) in [5, 5.41) is 3.38. The molecule has 0 fully saturated rings. The number of anilines is 1. The number of hydrogen-bond acceptors (Lipinski definition) is 5. The van der Waals surface area contributed by atoms with Crippen molar-refractivity contribution in [2.75, 3.05) is 5.32 Å². The largest absolute Gasteiger partial charge is 0.325 e. The van der Waals surface area contributed by atoms with Gasteiger partial charge >= 0.3 is 0 Å². The van der Waals surface area contributed by atoms with Gasteiger partial charge in [-0.3, -0.25) is 9.59 Å². The van der Waals surface area contributed by atoms with Crippen LogP contribution in [0.3, 0.4) is 0 Å². The smallest absolute Gasteiger partial charge is 0.244 e. The summed E-state index contributed by atoms with van der Waals surface area (Å²) in [4.78, 5) is 29.8. The molecule has 0 aliphatic heterocycles. The van der Waals surface area contributed by atoms with Crippen molar-refractivity contribution in [2.45, 2.75) is 30.2 Å². The maximum atomic E-state index is 13.3. The molecule has 2 aromatic carbocycles. The van der Waals surface area contributed by atoms with Crippen LogP contribution in [0.15, 0.2) is 81.4 Å². The minimum atomic E-state index is -4.12. The fraction of sp³-hybridized carbons (Fsp3) is 0.125. The molecule has 0 radical (unpaired) electrons. The standard InChI is InChI=1S/C24H20ClN3O4S/c1-15-3-10-19(11-4-15)33(31,32)21-13-28(24-20(23(21)30)12-5-16(2)26-24)14-22(29)27-18-8-6-17(25)7-9-18/h3-13H,14H2,1-2H3,(H,27,29). The third-order valence-corrected chi connectivity index (χ3v) is 7.11. The number of carbonyl (C=O) groups excluding carboxylic acids is 1. The van der Waals surface area contributed by atoms with Crippen LogP contribution >= 0.6 is 11.6 Å². The summed E-state index contributed by atoms with van der Waals surface area (Å²) in [6.45, 7) is 3.35. The van der Waals surface area contributed by atoms with E-state index in [4.69, 9.17) is 11.6 Å². The molecular weight excluding hydrogens is 462 g/mol. The molecule has 0 atom stereocenters. The average Bonchev–Trinajstić information content (AvgIpc) is 2.77. The van der Waals surface area contributed by atoms with Crippen molar-refractivity contribution >= 4 is 44.1 Å². The first-order valence-corrected chi connectivity index (χ1v) is 11.9. The topological polar surface area (TPSA) is 98.1 Å². The molecule has 2 heterocycles. The van der Waals surface area contributed by atoms with E-state index in [0.29, 0.717) is 16.4 Å². The lowest BCUT2D eigenvalue weighted by atomic mass is 10.2. The molecule has 4 aromatic rings. The summed E-state index contributed by atoms with van der Waals surface area (Å²) in [7, 11) is -4.12. The van der Waals surface area contributed by atoms with Crippen LogP contribution in [0.5, 0.6) is 0 Å². The highest BCUT2D eigenvalue weighted by atomic mass is 35.5. The van der Waals surface area contributed by atoms with Gasteiger partial charge in [0.2, 0.25) is 21.2 Å². The number of amides is 1. The summed E-state index contributed by atoms with van der Waals surface area (Å²) >= 11 is 5.88. The fourth-order valence-electron chi connectivity index (χ4n) is 3.38. The third-order valence-electron chi connectivity index (χ3n) is 5.09. The van der Waals surface area contributed by atoms with Gasteiger partial charge in [0.25, 0.3) is 0 Å². The van der Waals surface area contributed by atoms with Crippen LogP contribution in [0.2, 0.25) is 5.02 Å². The van der Waals surface area contributed by atoms with Gasteiger partial charge in [0.1, 0.15) is 17.1 Å². The van der Waals surface area contributed by atoms with Crippen molar-refractivity contribution in [3.05, 3.63) is 93.4 Å². The number of aryl methyl sites for hydroxylation is 2. The predicted molar refractivity (Wildman–Crippen MR) is 127 cm³/mol. The molecule has 0 saturated carbocycles. The van der Waals surface area contributed by atoms with Crippen LogP contribution in [-0.2, 0) is 21.2 Å². The lowest BCUT2D eigenvalue weighted by Crippen LogP contribution is -2.24. The SMILES string of the molecule is Cc1ccc(S(=O)(=O)c2cn(CC(=O)Nc3ccc(Cl)cc3)c3nc(C)ccc3c2=O)cc1. The molecule has 7 nitrogen and oxygen atoms in total. The Morgan fingerprint density at radius 2 is 1.67 bits per heavy atom. The molecule has 0 aliphatic carbocycles. The van der Waals surface area contributed by atoms with Crippen molar-refractivity contribution < 1.29 is 13.2 Å². The molecule has 4 rings (SSSR count). The predicted octanol–water partition coefficient (Wildman–Crippen LogP) is 4.14. The van der Waals surface area contributed by atoms with E-state index >= 15 is 0 Å². The Labute approximate surface area is 195 Å². The Balaban J connectivity index is 1.81. The molecule has 0 saturated heterocycles. The summed E-state index contributed by atoms with van der Waals surface area (Å²) in [5.41, 5.74) is 1.62. The van der Waals surface area contributed by atoms with Crippen molar-refractivity contribution in [2.24, 2.45) is 0 Å². The minimum Gasteiger partial charge on any atom is -0.325 e. The minimum absolute atomic E-state index is 0.00165. The molecule has 0 spiro atoms. The van der Waals surface area contributed by atoms with Gasteiger partial charge in [-0.15, -0.1) is 0 Å². The van der Waals surface area contributed by atoms with Crippen molar-refractivity contribution in [1.29, 1.82) is 0 Å². The zero-order valence-corrected chi connectivity index (χ0v) is 19.4. The van der Waals surface area contributed by atoms with Gasteiger partial charge in [0.05, 0.1) is 10.3 Å². The van der Waals surface area contributed by atoms with Gasteiger partial charge in [0, 0.05) is 22.6 Å². The van der Waals surface area contributed by atoms with E-state index in [-0.39, 0.29) is 22.5 Å². The summed E-state index contributed by atoms with van der Waals surface area (Å²) in [5.74, 6) is -0.413. The van der Waals surface area contributed by atoms with Crippen LogP contribution in [0, 0.1) is 13.8 Å². The fourth-order valence-corrected chi connectivity index (χ4v) is 4.87. The molecule has 0 bridgehead atoms. The van der Waals surface area contributed by atoms with E-state index < -0.39 is 26.1 Å². The number of nitrogens with one attached hydrogen (secondary N) is 1. The van der Waals surface area contributed by atoms with Gasteiger partial charge in [-0.1, -0.05) is 29.3 Å². The van der Waals surface area contributed by atoms with E-state index in [2.05, 4.69) is 10.3 Å². The number of aromatic nitrogens is 2. The zero-order chi connectivity index (χ0) is 23.8. The Bertz CT molecular complexity index is 1530. The number of sulfone groups is 1. The molecule has 1 amide bonds. The van der Waals surface area contributed by atoms with E-state index in [0.717, 1.165) is 5.56 Å². The monoisotopic (exact) mass is 481 g/mol. The number of hydrogen-bond donors (Lipinski definition) is 1. The number of halogens is 1. The van der Waals surface area contributed by atoms with Crippen LogP contribution in [0.25, 0.3) is 11.0 Å². The molecule has 33 heavy (non-hydrogen) atoms. The molecule has 1 N–H and O–H groups in total. The normalized spacial score (nSPS) is 11.5. The summed E-state index contributed by atoms with van der Waals surface area (Å²) in [6, 6.07) is 16.0. The zero-order valence-electron chi connectivity index (χ0n) is 17.9. The highest BCUT2D eigenvalue weighted by molar-refractivity contribution is 7.91. The summed E-state index contributed by atoms with van der Waals surface area (Å²) in [6.07, 6.45) is 1.19. The Morgan fingerprint density at radius 1 is 1.00 bits per heavy atom. The first-order chi connectivity index (χ1) is 15.6. The second kappa shape index (κ2) is 8.80. The molecule has 168 valence electrons. The third kappa shape index (κ3) is 4.67. The number of pyridine rings is 2. The first-order valence-electron chi connectivity index (χ1n) is 10.0. The molecule has 2 aromatic heterocycles. The van der Waals surface area contributed by atoms with Crippen LogP contribution < -0.4 is 10.7 Å². The number of fused-ring (bicyclic) bond motifs is 1. The Morgan fingerprint density at radius 3 is 2.33 bits per heavy atom. The quantitative estimate of drug-likeness (QED) is 0.462. The van der Waals surface area contributed by atoms with Crippen molar-refractivity contribution in [1.82, 2.24) is 9.55 Å². The lowest BCUT2D eigenvalue weighted by molar-refractivity contribution is -0.116. The van der Waals surface area contributed by atoms with E-state index in [1.165, 1.54) is 29.0 Å². The first kappa shape index (κ1) is 22.7. The van der Waals surface area contributed by atoms with Crippen LogP contribution in [-0.4, -0.2) is 23.9 Å². The lowest BCUT2D eigenvalue weighted by Gasteiger charge is -2.14. The number of rotatable bonds is 5. The summed E-state index contributed by atoms with van der Waals surface area (Å²) < 4.78 is 28.0. The average molecular weight is 482 g/mol. The van der Waals surface area contributed by atoms with Gasteiger partial charge in [-0.25, -0.2) is 13.4 Å². The number of carbonyl (C=O) groups is 1. The van der Waals surface area contributed by atoms with Gasteiger partial charge in [-0.2, -0.15) is 0 Å². The van der Waals surface area contributed by atoms with E-state index in [1.54, 1.807) is 49.4 Å². The maximum absolute atomic E-state index is 13.3. The van der Waals surface area contributed by atoms with Gasteiger partial charge < -0.3 is 9.88 Å². The van der Waals surface area contributed by atoms with Crippen molar-refractivity contribution in [3.63, 3.8) is 0 Å². The molecule has 9 heteroatoms. The Hall–Kier alpha value is -3.49. The van der Waals surface area contributed by atoms with E-state index in [1.807, 2.05) is 6.92 Å². The van der Waals surface area contributed by atoms with Gasteiger partial charge in [0.15, 0.2) is 0 Å². The Kier molecular flexibility index (Phi) is 6.05. The maximum Gasteiger partial charge on any atom is 0.244 e. The molecular formula is C24H20ClN3O4S. The molecule has 0 unspecified atom stereocenters. The molecule has 0 aliphatic rings. The second-order valence-corrected chi connectivity index (χ2v) is 10.0. The highest BCUT2D eigenvalue weighted by Crippen LogP contribution is 2.22. The van der Waals surface area contributed by atoms with Crippen LogP contribution in [0.1, 0.15) is 11.3 Å². The number of nitrogens with zero attached hydrogens (tertiary/aromatic N) is 2. The second-order valence-electron chi connectivity index (χ2n) is 7.65. The van der Waals surface area contributed by atoms with Crippen molar-refractivity contribution in [3.8, 4) is 0 Å². The number of benzene rings is 2. The van der Waals surface area contributed by atoms with E-state index in [9.17, 15) is 18.0 Å².